The van der Waals surface area contributed by atoms with Crippen molar-refractivity contribution in [3.63, 3.8) is 0 Å². The number of hydrogen-bond acceptors (Lipinski definition) is 8. The van der Waals surface area contributed by atoms with E-state index in [1.807, 2.05) is 0 Å². The zero-order valence-electron chi connectivity index (χ0n) is 25.3. The van der Waals surface area contributed by atoms with Gasteiger partial charge in [-0.25, -0.2) is 19.2 Å². The Kier molecular flexibility index (Phi) is 10.7. The van der Waals surface area contributed by atoms with Crippen molar-refractivity contribution in [3.8, 4) is 0 Å². The Morgan fingerprint density at radius 2 is 0.938 bits per heavy atom. The van der Waals surface area contributed by atoms with Crippen molar-refractivity contribution in [3.05, 3.63) is 141 Å². The highest BCUT2D eigenvalue weighted by molar-refractivity contribution is 6.03. The minimum Gasteiger partial charge on any atom is -0.478 e. The van der Waals surface area contributed by atoms with Crippen molar-refractivity contribution in [2.75, 3.05) is 0 Å². The summed E-state index contributed by atoms with van der Waals surface area (Å²) in [5.41, 5.74) is -4.64. The largest absolute Gasteiger partial charge is 0.478 e. The number of carboxylic acids is 2. The molecule has 0 heterocycles. The van der Waals surface area contributed by atoms with Crippen molar-refractivity contribution in [1.82, 2.24) is 0 Å². The summed E-state index contributed by atoms with van der Waals surface area (Å²) in [7, 11) is 0. The molecular weight excluding hydrogens is 637 g/mol. The summed E-state index contributed by atoms with van der Waals surface area (Å²) in [5.74, 6) is -5.64. The van der Waals surface area contributed by atoms with Crippen LogP contribution in [0, 0.1) is 0 Å². The van der Waals surface area contributed by atoms with Gasteiger partial charge in [0.2, 0.25) is 0 Å². The molecule has 4 aromatic rings. The number of halogens is 3. The van der Waals surface area contributed by atoms with Gasteiger partial charge < -0.3 is 29.9 Å². The SMILES string of the molecule is CC(c1ccc(C(=O)OCc2ccc(CO)cc2)c(C(=O)O)c1)(c1ccc(C(=O)O)c(C(=O)OCc2ccc(CO)cc2)c1)C(F)(F)F. The van der Waals surface area contributed by atoms with Crippen LogP contribution in [0.3, 0.4) is 0 Å². The van der Waals surface area contributed by atoms with Gasteiger partial charge in [0.25, 0.3) is 0 Å². The van der Waals surface area contributed by atoms with Gasteiger partial charge in [-0.2, -0.15) is 13.2 Å². The van der Waals surface area contributed by atoms with E-state index in [1.165, 1.54) is 0 Å². The van der Waals surface area contributed by atoms with E-state index in [4.69, 9.17) is 14.6 Å². The molecule has 0 saturated heterocycles. The number of ether oxygens (including phenoxy) is 2. The van der Waals surface area contributed by atoms with E-state index < -0.39 is 68.8 Å². The fourth-order valence-electron chi connectivity index (χ4n) is 4.85. The Morgan fingerprint density at radius 1 is 0.562 bits per heavy atom. The van der Waals surface area contributed by atoms with E-state index in [2.05, 4.69) is 0 Å². The number of carbonyl (C=O) groups is 4. The molecule has 0 bridgehead atoms. The summed E-state index contributed by atoms with van der Waals surface area (Å²) in [5, 5.41) is 37.9. The highest BCUT2D eigenvalue weighted by Crippen LogP contribution is 2.47. The van der Waals surface area contributed by atoms with Gasteiger partial charge in [0.15, 0.2) is 0 Å². The van der Waals surface area contributed by atoms with Gasteiger partial charge in [0.05, 0.1) is 35.5 Å². The van der Waals surface area contributed by atoms with Crippen LogP contribution in [0.1, 0.15) is 81.7 Å². The molecule has 0 aromatic heterocycles. The number of carbonyl (C=O) groups excluding carboxylic acids is 2. The average molecular weight is 667 g/mol. The van der Waals surface area contributed by atoms with Crippen LogP contribution < -0.4 is 0 Å². The van der Waals surface area contributed by atoms with Crippen LogP contribution in [-0.2, 0) is 41.3 Å². The van der Waals surface area contributed by atoms with Gasteiger partial charge in [-0.15, -0.1) is 0 Å². The molecule has 10 nitrogen and oxygen atoms in total. The molecule has 0 aliphatic carbocycles. The summed E-state index contributed by atoms with van der Waals surface area (Å²) in [6.07, 6.45) is -5.12. The molecule has 13 heteroatoms. The lowest BCUT2D eigenvalue weighted by molar-refractivity contribution is -0.173. The third-order valence-electron chi connectivity index (χ3n) is 7.81. The van der Waals surface area contributed by atoms with Gasteiger partial charge in [0.1, 0.15) is 18.6 Å². The first-order valence-corrected chi connectivity index (χ1v) is 14.2. The number of hydrogen-bond donors (Lipinski definition) is 4. The second-order valence-corrected chi connectivity index (χ2v) is 10.9. The Morgan fingerprint density at radius 3 is 1.33 bits per heavy atom. The Bertz CT molecular complexity index is 1830. The van der Waals surface area contributed by atoms with E-state index in [0.717, 1.165) is 37.3 Å². The van der Waals surface area contributed by atoms with Crippen molar-refractivity contribution in [1.29, 1.82) is 0 Å². The van der Waals surface area contributed by atoms with Crippen LogP contribution in [0.15, 0.2) is 84.9 Å². The molecule has 0 amide bonds. The number of benzene rings is 4. The highest BCUT2D eigenvalue weighted by atomic mass is 19.4. The average Bonchev–Trinajstić information content (AvgIpc) is 3.08. The van der Waals surface area contributed by atoms with Gasteiger partial charge >= 0.3 is 30.1 Å². The Balaban J connectivity index is 1.70. The standard InChI is InChI=1S/C35H29F3O10/c1-34(35(36,37)38,24-11-13-27(28(14-24)31(43)44)32(45)47-18-22-6-2-20(16-39)3-7-22)25-10-12-26(30(41)42)29(15-25)33(46)48-19-23-8-4-21(17-40)5-9-23/h2-15,39-40H,16-19H2,1H3,(H,41,42)(H,43,44). The van der Waals surface area contributed by atoms with Crippen molar-refractivity contribution in [2.45, 2.75) is 44.9 Å². The highest BCUT2D eigenvalue weighted by Gasteiger charge is 2.54. The lowest BCUT2D eigenvalue weighted by atomic mass is 9.74. The van der Waals surface area contributed by atoms with Crippen LogP contribution in [0.25, 0.3) is 0 Å². The Hall–Kier alpha value is -5.53. The molecule has 4 N–H and O–H groups in total. The molecule has 1 atom stereocenters. The molecule has 250 valence electrons. The number of esters is 2. The molecule has 0 aliphatic heterocycles. The summed E-state index contributed by atoms with van der Waals surface area (Å²) >= 11 is 0. The zero-order chi connectivity index (χ0) is 35.2. The lowest BCUT2D eigenvalue weighted by Crippen LogP contribution is -2.41. The first kappa shape index (κ1) is 35.3. The van der Waals surface area contributed by atoms with E-state index >= 15 is 0 Å². The minimum atomic E-state index is -5.12. The van der Waals surface area contributed by atoms with E-state index in [0.29, 0.717) is 28.3 Å². The van der Waals surface area contributed by atoms with Crippen LogP contribution in [0.4, 0.5) is 13.2 Å². The van der Waals surface area contributed by atoms with E-state index in [9.17, 15) is 47.7 Å². The number of aliphatic hydroxyl groups is 2. The smallest absolute Gasteiger partial charge is 0.402 e. The maximum absolute atomic E-state index is 14.9. The molecule has 0 radical (unpaired) electrons. The first-order valence-electron chi connectivity index (χ1n) is 14.2. The number of alkyl halides is 3. The van der Waals surface area contributed by atoms with Gasteiger partial charge in [-0.05, 0) is 64.6 Å². The summed E-state index contributed by atoms with van der Waals surface area (Å²) in [6.45, 7) is -0.334. The van der Waals surface area contributed by atoms with Crippen LogP contribution in [0.2, 0.25) is 0 Å². The van der Waals surface area contributed by atoms with Gasteiger partial charge in [-0.1, -0.05) is 60.7 Å². The van der Waals surface area contributed by atoms with E-state index in [-0.39, 0.29) is 26.4 Å². The Labute approximate surface area is 271 Å². The van der Waals surface area contributed by atoms with Crippen molar-refractivity contribution < 1.29 is 62.2 Å². The molecular formula is C35H29F3O10. The molecule has 4 rings (SSSR count). The van der Waals surface area contributed by atoms with Crippen LogP contribution in [0.5, 0.6) is 0 Å². The summed E-state index contributed by atoms with van der Waals surface area (Å²) < 4.78 is 55.3. The van der Waals surface area contributed by atoms with Gasteiger partial charge in [0, 0.05) is 0 Å². The van der Waals surface area contributed by atoms with Crippen molar-refractivity contribution in [2.24, 2.45) is 0 Å². The maximum atomic E-state index is 14.9. The second-order valence-electron chi connectivity index (χ2n) is 10.9. The molecule has 1 unspecified atom stereocenters. The molecule has 0 aliphatic rings. The molecule has 0 spiro atoms. The first-order chi connectivity index (χ1) is 22.7. The number of aromatic carboxylic acids is 2. The number of carboxylic acid groups (broad SMARTS) is 2. The zero-order valence-corrected chi connectivity index (χ0v) is 25.3. The maximum Gasteiger partial charge on any atom is 0.402 e. The summed E-state index contributed by atoms with van der Waals surface area (Å²) in [4.78, 5) is 50.0. The predicted molar refractivity (Wildman–Crippen MR) is 162 cm³/mol. The lowest BCUT2D eigenvalue weighted by Gasteiger charge is -2.34. The quantitative estimate of drug-likeness (QED) is 0.139. The predicted octanol–water partition coefficient (Wildman–Crippen LogP) is 5.65. The minimum absolute atomic E-state index is 0.206. The normalized spacial score (nSPS) is 12.5. The number of rotatable bonds is 12. The molecule has 4 aromatic carbocycles. The van der Waals surface area contributed by atoms with E-state index in [1.54, 1.807) is 48.5 Å². The van der Waals surface area contributed by atoms with Crippen LogP contribution >= 0.6 is 0 Å². The molecule has 0 fully saturated rings. The number of aliphatic hydroxyl groups excluding tert-OH is 2. The second kappa shape index (κ2) is 14.5. The fourth-order valence-corrected chi connectivity index (χ4v) is 4.85. The molecule has 0 saturated carbocycles. The van der Waals surface area contributed by atoms with Crippen molar-refractivity contribution >= 4 is 23.9 Å². The monoisotopic (exact) mass is 666 g/mol. The third kappa shape index (κ3) is 7.54. The fraction of sp³-hybridized carbons (Fsp3) is 0.200. The third-order valence-corrected chi connectivity index (χ3v) is 7.81. The summed E-state index contributed by atoms with van der Waals surface area (Å²) in [6, 6.07) is 17.4. The molecule has 48 heavy (non-hydrogen) atoms. The topological polar surface area (TPSA) is 168 Å². The van der Waals surface area contributed by atoms with Gasteiger partial charge in [-0.3, -0.25) is 0 Å². The van der Waals surface area contributed by atoms with Crippen LogP contribution in [-0.4, -0.2) is 50.5 Å².